The van der Waals surface area contributed by atoms with Gasteiger partial charge < -0.3 is 14.3 Å². The van der Waals surface area contributed by atoms with Crippen molar-refractivity contribution in [1.82, 2.24) is 20.1 Å². The molecule has 1 fully saturated rings. The van der Waals surface area contributed by atoms with Crippen LogP contribution in [0, 0.1) is 6.92 Å². The average molecular weight is 384 g/mol. The van der Waals surface area contributed by atoms with Crippen molar-refractivity contribution in [3.8, 4) is 11.4 Å². The van der Waals surface area contributed by atoms with Gasteiger partial charge in [0.05, 0.1) is 28.6 Å². The van der Waals surface area contributed by atoms with Crippen LogP contribution >= 0.6 is 11.8 Å². The second-order valence-electron chi connectivity index (χ2n) is 6.12. The fourth-order valence-corrected chi connectivity index (χ4v) is 5.21. The average Bonchev–Trinajstić information content (AvgIpc) is 3.20. The molecule has 8 nitrogen and oxygen atoms in total. The monoisotopic (exact) mass is 384 g/mol. The number of furan rings is 1. The van der Waals surface area contributed by atoms with Crippen molar-refractivity contribution in [2.24, 2.45) is 7.05 Å². The summed E-state index contributed by atoms with van der Waals surface area (Å²) in [5.41, 5.74) is 0.857. The van der Waals surface area contributed by atoms with Crippen LogP contribution < -0.4 is 5.32 Å². The van der Waals surface area contributed by atoms with E-state index in [0.717, 1.165) is 11.3 Å². The molecule has 2 aromatic heterocycles. The van der Waals surface area contributed by atoms with E-state index in [1.54, 1.807) is 13.2 Å². The summed E-state index contributed by atoms with van der Waals surface area (Å²) >= 11 is 1.28. The van der Waals surface area contributed by atoms with Crippen LogP contribution in [-0.4, -0.2) is 51.9 Å². The van der Waals surface area contributed by atoms with Crippen LogP contribution in [0.1, 0.15) is 19.1 Å². The third-order valence-corrected chi connectivity index (χ3v) is 7.07. The third-order valence-electron chi connectivity index (χ3n) is 4.16. The zero-order chi connectivity index (χ0) is 18.2. The van der Waals surface area contributed by atoms with Crippen LogP contribution in [0.15, 0.2) is 21.9 Å². The second kappa shape index (κ2) is 6.83. The lowest BCUT2D eigenvalue weighted by Crippen LogP contribution is -2.40. The van der Waals surface area contributed by atoms with E-state index in [1.165, 1.54) is 11.8 Å². The van der Waals surface area contributed by atoms with E-state index in [1.807, 2.05) is 24.6 Å². The number of aromatic nitrogens is 3. The van der Waals surface area contributed by atoms with Crippen LogP contribution in [0.5, 0.6) is 0 Å². The number of nitrogens with one attached hydrogen (secondary N) is 1. The van der Waals surface area contributed by atoms with E-state index in [9.17, 15) is 13.2 Å². The fraction of sp³-hybridized carbons (Fsp3) is 0.533. The molecule has 25 heavy (non-hydrogen) atoms. The Labute approximate surface area is 150 Å². The van der Waals surface area contributed by atoms with Gasteiger partial charge in [0.1, 0.15) is 5.76 Å². The standard InChI is InChI=1S/C15H20N4O4S2/c1-9-12(4-6-23-9)13-17-18-15(19(13)3)24-10(2)14(20)16-11-5-7-25(21,22)8-11/h4,6,10-11H,5,7-8H2,1-3H3,(H,16,20)/t10-,11+/m0/s1. The predicted molar refractivity (Wildman–Crippen MR) is 94.0 cm³/mol. The summed E-state index contributed by atoms with van der Waals surface area (Å²) in [7, 11) is -1.18. The number of sulfone groups is 1. The highest BCUT2D eigenvalue weighted by atomic mass is 32.2. The zero-order valence-electron chi connectivity index (χ0n) is 14.2. The molecule has 0 radical (unpaired) electrons. The molecule has 2 aromatic rings. The first kappa shape index (κ1) is 18.0. The van der Waals surface area contributed by atoms with E-state index < -0.39 is 15.1 Å². The van der Waals surface area contributed by atoms with Crippen molar-refractivity contribution >= 4 is 27.5 Å². The summed E-state index contributed by atoms with van der Waals surface area (Å²) in [6.07, 6.45) is 2.07. The molecule has 1 amide bonds. The number of nitrogens with zero attached hydrogens (tertiary/aromatic N) is 3. The normalized spacial score (nSPS) is 20.5. The topological polar surface area (TPSA) is 107 Å². The van der Waals surface area contributed by atoms with Crippen LogP contribution in [0.2, 0.25) is 0 Å². The number of aryl methyl sites for hydroxylation is 1. The number of hydrogen-bond donors (Lipinski definition) is 1. The first-order valence-electron chi connectivity index (χ1n) is 7.88. The van der Waals surface area contributed by atoms with Gasteiger partial charge in [-0.05, 0) is 26.3 Å². The minimum atomic E-state index is -3.02. The fourth-order valence-electron chi connectivity index (χ4n) is 2.71. The molecule has 3 heterocycles. The van der Waals surface area contributed by atoms with Crippen molar-refractivity contribution in [1.29, 1.82) is 0 Å². The number of thioether (sulfide) groups is 1. The van der Waals surface area contributed by atoms with Gasteiger partial charge in [-0.1, -0.05) is 11.8 Å². The highest BCUT2D eigenvalue weighted by Crippen LogP contribution is 2.28. The molecule has 136 valence electrons. The molecule has 0 aliphatic carbocycles. The summed E-state index contributed by atoms with van der Waals surface area (Å²) in [5, 5.41) is 11.3. The van der Waals surface area contributed by atoms with Gasteiger partial charge in [-0.25, -0.2) is 8.42 Å². The maximum Gasteiger partial charge on any atom is 0.233 e. The molecule has 0 spiro atoms. The van der Waals surface area contributed by atoms with Crippen molar-refractivity contribution in [2.75, 3.05) is 11.5 Å². The van der Waals surface area contributed by atoms with Gasteiger partial charge in [0.25, 0.3) is 0 Å². The van der Waals surface area contributed by atoms with E-state index >= 15 is 0 Å². The lowest BCUT2D eigenvalue weighted by molar-refractivity contribution is -0.120. The SMILES string of the molecule is Cc1occc1-c1nnc(S[C@@H](C)C(=O)N[C@@H]2CCS(=O)(=O)C2)n1C. The lowest BCUT2D eigenvalue weighted by Gasteiger charge is -2.15. The van der Waals surface area contributed by atoms with E-state index in [-0.39, 0.29) is 23.5 Å². The van der Waals surface area contributed by atoms with Crippen LogP contribution in [0.4, 0.5) is 0 Å². The molecular weight excluding hydrogens is 364 g/mol. The van der Waals surface area contributed by atoms with Gasteiger partial charge in [0, 0.05) is 13.1 Å². The summed E-state index contributed by atoms with van der Waals surface area (Å²) in [5.74, 6) is 1.37. The Hall–Kier alpha value is -1.81. The van der Waals surface area contributed by atoms with Gasteiger partial charge in [0.2, 0.25) is 5.91 Å². The first-order chi connectivity index (χ1) is 11.8. The molecule has 1 aliphatic rings. The number of hydrogen-bond acceptors (Lipinski definition) is 7. The van der Waals surface area contributed by atoms with Crippen LogP contribution in [0.25, 0.3) is 11.4 Å². The van der Waals surface area contributed by atoms with Crippen LogP contribution in [-0.2, 0) is 21.7 Å². The highest BCUT2D eigenvalue weighted by molar-refractivity contribution is 8.00. The Morgan fingerprint density at radius 3 is 2.84 bits per heavy atom. The Morgan fingerprint density at radius 2 is 2.24 bits per heavy atom. The predicted octanol–water partition coefficient (Wildman–Crippen LogP) is 1.17. The van der Waals surface area contributed by atoms with Gasteiger partial charge in [0.15, 0.2) is 20.8 Å². The lowest BCUT2D eigenvalue weighted by atomic mass is 10.2. The van der Waals surface area contributed by atoms with E-state index in [2.05, 4.69) is 15.5 Å². The molecule has 10 heteroatoms. The first-order valence-corrected chi connectivity index (χ1v) is 10.6. The van der Waals surface area contributed by atoms with E-state index in [0.29, 0.717) is 17.4 Å². The molecule has 2 atom stereocenters. The Balaban J connectivity index is 1.65. The number of carbonyl (C=O) groups excluding carboxylic acids is 1. The van der Waals surface area contributed by atoms with Crippen molar-refractivity contribution in [3.05, 3.63) is 18.1 Å². The van der Waals surface area contributed by atoms with Crippen molar-refractivity contribution in [3.63, 3.8) is 0 Å². The Kier molecular flexibility index (Phi) is 4.92. The maximum atomic E-state index is 12.3. The maximum absolute atomic E-state index is 12.3. The minimum absolute atomic E-state index is 0.0179. The summed E-state index contributed by atoms with van der Waals surface area (Å²) in [6, 6.07) is 1.52. The second-order valence-corrected chi connectivity index (χ2v) is 9.66. The minimum Gasteiger partial charge on any atom is -0.469 e. The molecule has 0 bridgehead atoms. The van der Waals surface area contributed by atoms with Gasteiger partial charge >= 0.3 is 0 Å². The molecule has 3 rings (SSSR count). The largest absolute Gasteiger partial charge is 0.469 e. The number of amides is 1. The van der Waals surface area contributed by atoms with Gasteiger partial charge in [-0.2, -0.15) is 0 Å². The van der Waals surface area contributed by atoms with Gasteiger partial charge in [-0.3, -0.25) is 4.79 Å². The molecular formula is C15H20N4O4S2. The smallest absolute Gasteiger partial charge is 0.233 e. The summed E-state index contributed by atoms with van der Waals surface area (Å²) in [6.45, 7) is 3.61. The highest BCUT2D eigenvalue weighted by Gasteiger charge is 2.30. The molecule has 0 unspecified atom stereocenters. The Morgan fingerprint density at radius 1 is 1.48 bits per heavy atom. The number of rotatable bonds is 5. The van der Waals surface area contributed by atoms with E-state index in [4.69, 9.17) is 4.42 Å². The molecule has 1 saturated heterocycles. The summed E-state index contributed by atoms with van der Waals surface area (Å²) in [4.78, 5) is 12.3. The molecule has 1 N–H and O–H groups in total. The zero-order valence-corrected chi connectivity index (χ0v) is 15.9. The molecule has 0 aromatic carbocycles. The van der Waals surface area contributed by atoms with Crippen molar-refractivity contribution < 1.29 is 17.6 Å². The quantitative estimate of drug-likeness (QED) is 0.771. The van der Waals surface area contributed by atoms with Crippen molar-refractivity contribution in [2.45, 2.75) is 36.7 Å². The summed E-state index contributed by atoms with van der Waals surface area (Å²) < 4.78 is 30.1. The number of carbonyl (C=O) groups is 1. The molecule has 0 saturated carbocycles. The van der Waals surface area contributed by atoms with Gasteiger partial charge in [-0.15, -0.1) is 10.2 Å². The Bertz CT molecular complexity index is 887. The third kappa shape index (κ3) is 3.90. The van der Waals surface area contributed by atoms with Crippen LogP contribution in [0.3, 0.4) is 0 Å². The molecule has 1 aliphatic heterocycles.